The average molecular weight is 223 g/mol. The molecule has 0 fully saturated rings. The highest BCUT2D eigenvalue weighted by Crippen LogP contribution is 2.21. The van der Waals surface area contributed by atoms with Crippen LogP contribution in [0.15, 0.2) is 23.0 Å². The van der Waals surface area contributed by atoms with Crippen molar-refractivity contribution >= 4 is 22.5 Å². The Morgan fingerprint density at radius 2 is 2.13 bits per heavy atom. The van der Waals surface area contributed by atoms with E-state index in [0.29, 0.717) is 10.6 Å². The molecule has 0 radical (unpaired) electrons. The molecule has 3 N–H and O–H groups in total. The first-order valence-corrected chi connectivity index (χ1v) is 5.01. The first-order valence-electron chi connectivity index (χ1n) is 4.64. The van der Waals surface area contributed by atoms with E-state index in [0.717, 1.165) is 16.5 Å². The Morgan fingerprint density at radius 1 is 1.40 bits per heavy atom. The van der Waals surface area contributed by atoms with E-state index in [2.05, 4.69) is 4.98 Å². The van der Waals surface area contributed by atoms with Gasteiger partial charge in [0.15, 0.2) is 0 Å². The molecule has 2 rings (SSSR count). The minimum Gasteiger partial charge on any atom is -0.326 e. The van der Waals surface area contributed by atoms with Crippen LogP contribution in [0.2, 0.25) is 5.02 Å². The Balaban J connectivity index is 2.82. The number of halogens is 1. The number of benzene rings is 1. The Hall–Kier alpha value is -1.32. The molecule has 1 aromatic carbocycles. The van der Waals surface area contributed by atoms with Crippen LogP contribution in [0.5, 0.6) is 0 Å². The standard InChI is InChI=1S/C11H11ClN2O/c1-6-2-7-3-8(5-13)11(15)14-10(7)4-9(6)12/h2-4H,5,13H2,1H3,(H,14,15). The summed E-state index contributed by atoms with van der Waals surface area (Å²) in [5.74, 6) is 0. The summed E-state index contributed by atoms with van der Waals surface area (Å²) >= 11 is 5.97. The second-order valence-electron chi connectivity index (χ2n) is 3.52. The van der Waals surface area contributed by atoms with Crippen molar-refractivity contribution in [3.8, 4) is 0 Å². The Kier molecular flexibility index (Phi) is 2.50. The average Bonchev–Trinajstić information content (AvgIpc) is 2.20. The van der Waals surface area contributed by atoms with Crippen molar-refractivity contribution in [1.82, 2.24) is 4.98 Å². The van der Waals surface area contributed by atoms with Gasteiger partial charge in [0.05, 0.1) is 0 Å². The second-order valence-corrected chi connectivity index (χ2v) is 3.92. The van der Waals surface area contributed by atoms with Crippen LogP contribution < -0.4 is 11.3 Å². The normalized spacial score (nSPS) is 10.9. The Labute approximate surface area is 91.9 Å². The zero-order chi connectivity index (χ0) is 11.0. The largest absolute Gasteiger partial charge is 0.326 e. The van der Waals surface area contributed by atoms with Crippen molar-refractivity contribution in [2.75, 3.05) is 0 Å². The van der Waals surface area contributed by atoms with Crippen molar-refractivity contribution in [2.24, 2.45) is 5.73 Å². The third-order valence-electron chi connectivity index (χ3n) is 2.42. The topological polar surface area (TPSA) is 58.9 Å². The van der Waals surface area contributed by atoms with Gasteiger partial charge in [0.1, 0.15) is 0 Å². The SMILES string of the molecule is Cc1cc2cc(CN)c(=O)[nH]c2cc1Cl. The molecular formula is C11H11ClN2O. The summed E-state index contributed by atoms with van der Waals surface area (Å²) in [5.41, 5.74) is 7.63. The number of H-pyrrole nitrogens is 1. The molecule has 3 nitrogen and oxygen atoms in total. The lowest BCUT2D eigenvalue weighted by Crippen LogP contribution is -2.15. The number of aromatic nitrogens is 1. The molecule has 2 aromatic rings. The molecule has 1 aromatic heterocycles. The molecule has 0 amide bonds. The summed E-state index contributed by atoms with van der Waals surface area (Å²) in [6.07, 6.45) is 0. The van der Waals surface area contributed by atoms with E-state index < -0.39 is 0 Å². The van der Waals surface area contributed by atoms with Gasteiger partial charge in [0.25, 0.3) is 5.56 Å². The van der Waals surface area contributed by atoms with Crippen LogP contribution in [0.3, 0.4) is 0 Å². The van der Waals surface area contributed by atoms with Crippen molar-refractivity contribution < 1.29 is 0 Å². The van der Waals surface area contributed by atoms with E-state index >= 15 is 0 Å². The van der Waals surface area contributed by atoms with Crippen LogP contribution in [0, 0.1) is 6.92 Å². The number of pyridine rings is 1. The van der Waals surface area contributed by atoms with E-state index in [1.807, 2.05) is 13.0 Å². The second kappa shape index (κ2) is 3.68. The smallest absolute Gasteiger partial charge is 0.252 e. The number of hydrogen-bond acceptors (Lipinski definition) is 2. The molecule has 15 heavy (non-hydrogen) atoms. The number of fused-ring (bicyclic) bond motifs is 1. The van der Waals surface area contributed by atoms with E-state index in [1.54, 1.807) is 12.1 Å². The number of hydrogen-bond donors (Lipinski definition) is 2. The first-order chi connectivity index (χ1) is 7.11. The van der Waals surface area contributed by atoms with Gasteiger partial charge in [0.2, 0.25) is 0 Å². The molecule has 0 aliphatic carbocycles. The Bertz CT molecular complexity index is 575. The van der Waals surface area contributed by atoms with Gasteiger partial charge < -0.3 is 10.7 Å². The quantitative estimate of drug-likeness (QED) is 0.775. The molecule has 0 atom stereocenters. The van der Waals surface area contributed by atoms with Gasteiger partial charge in [-0.1, -0.05) is 11.6 Å². The Morgan fingerprint density at radius 3 is 2.80 bits per heavy atom. The molecule has 4 heteroatoms. The predicted octanol–water partition coefficient (Wildman–Crippen LogP) is 1.95. The van der Waals surface area contributed by atoms with Crippen LogP contribution in [-0.2, 0) is 6.54 Å². The maximum absolute atomic E-state index is 11.5. The number of rotatable bonds is 1. The van der Waals surface area contributed by atoms with Crippen LogP contribution in [0.25, 0.3) is 10.9 Å². The van der Waals surface area contributed by atoms with Crippen molar-refractivity contribution in [3.05, 3.63) is 44.7 Å². The molecule has 0 unspecified atom stereocenters. The van der Waals surface area contributed by atoms with Crippen molar-refractivity contribution in [1.29, 1.82) is 0 Å². The highest BCUT2D eigenvalue weighted by Gasteiger charge is 2.03. The van der Waals surface area contributed by atoms with Gasteiger partial charge >= 0.3 is 0 Å². The van der Waals surface area contributed by atoms with Crippen LogP contribution in [0.4, 0.5) is 0 Å². The first kappa shape index (κ1) is 10.2. The lowest BCUT2D eigenvalue weighted by molar-refractivity contribution is 1.03. The van der Waals surface area contributed by atoms with Gasteiger partial charge in [-0.05, 0) is 36.1 Å². The predicted molar refractivity (Wildman–Crippen MR) is 62.2 cm³/mol. The lowest BCUT2D eigenvalue weighted by atomic mass is 10.1. The summed E-state index contributed by atoms with van der Waals surface area (Å²) < 4.78 is 0. The van der Waals surface area contributed by atoms with Gasteiger partial charge in [-0.2, -0.15) is 0 Å². The van der Waals surface area contributed by atoms with Gasteiger partial charge in [0, 0.05) is 22.6 Å². The molecule has 0 aliphatic rings. The molecule has 78 valence electrons. The monoisotopic (exact) mass is 222 g/mol. The summed E-state index contributed by atoms with van der Waals surface area (Å²) in [6, 6.07) is 5.50. The summed E-state index contributed by atoms with van der Waals surface area (Å²) in [7, 11) is 0. The molecule has 0 saturated heterocycles. The molecule has 0 spiro atoms. The zero-order valence-corrected chi connectivity index (χ0v) is 9.06. The molecule has 0 saturated carbocycles. The number of nitrogens with one attached hydrogen (secondary N) is 1. The minimum absolute atomic E-state index is 0.148. The highest BCUT2D eigenvalue weighted by molar-refractivity contribution is 6.32. The van der Waals surface area contributed by atoms with Crippen molar-refractivity contribution in [3.63, 3.8) is 0 Å². The lowest BCUT2D eigenvalue weighted by Gasteiger charge is -2.04. The van der Waals surface area contributed by atoms with Gasteiger partial charge in [-0.3, -0.25) is 4.79 Å². The van der Waals surface area contributed by atoms with E-state index in [9.17, 15) is 4.79 Å². The third-order valence-corrected chi connectivity index (χ3v) is 2.83. The van der Waals surface area contributed by atoms with Crippen LogP contribution in [-0.4, -0.2) is 4.98 Å². The minimum atomic E-state index is -0.148. The third kappa shape index (κ3) is 1.76. The maximum Gasteiger partial charge on any atom is 0.252 e. The molecular weight excluding hydrogens is 212 g/mol. The van der Waals surface area contributed by atoms with Crippen LogP contribution >= 0.6 is 11.6 Å². The van der Waals surface area contributed by atoms with Gasteiger partial charge in [-0.15, -0.1) is 0 Å². The molecule has 1 heterocycles. The molecule has 0 bridgehead atoms. The number of aryl methyl sites for hydroxylation is 1. The fourth-order valence-electron chi connectivity index (χ4n) is 1.54. The fourth-order valence-corrected chi connectivity index (χ4v) is 1.70. The van der Waals surface area contributed by atoms with E-state index in [-0.39, 0.29) is 12.1 Å². The van der Waals surface area contributed by atoms with Crippen LogP contribution in [0.1, 0.15) is 11.1 Å². The van der Waals surface area contributed by atoms with Gasteiger partial charge in [-0.25, -0.2) is 0 Å². The van der Waals surface area contributed by atoms with E-state index in [4.69, 9.17) is 17.3 Å². The summed E-state index contributed by atoms with van der Waals surface area (Å²) in [5, 5.41) is 1.61. The number of aromatic amines is 1. The molecule has 0 aliphatic heterocycles. The number of nitrogens with two attached hydrogens (primary N) is 1. The highest BCUT2D eigenvalue weighted by atomic mass is 35.5. The van der Waals surface area contributed by atoms with E-state index in [1.165, 1.54) is 0 Å². The van der Waals surface area contributed by atoms with Crippen molar-refractivity contribution in [2.45, 2.75) is 13.5 Å². The maximum atomic E-state index is 11.5. The summed E-state index contributed by atoms with van der Waals surface area (Å²) in [6.45, 7) is 2.17. The fraction of sp³-hybridized carbons (Fsp3) is 0.182. The summed E-state index contributed by atoms with van der Waals surface area (Å²) in [4.78, 5) is 14.2. The zero-order valence-electron chi connectivity index (χ0n) is 8.30.